The number of nitrogens with zero attached hydrogens (tertiary/aromatic N) is 2. The van der Waals surface area contributed by atoms with Gasteiger partial charge in [-0.05, 0) is 30.0 Å². The van der Waals surface area contributed by atoms with Gasteiger partial charge in [-0.25, -0.2) is 0 Å². The van der Waals surface area contributed by atoms with Crippen LogP contribution in [-0.2, 0) is 16.1 Å². The summed E-state index contributed by atoms with van der Waals surface area (Å²) in [6.45, 7) is 6.30. The minimum atomic E-state index is -0.722. The molecule has 1 fully saturated rings. The molecule has 2 aromatic carbocycles. The molecule has 0 saturated heterocycles. The second-order valence-corrected chi connectivity index (χ2v) is 8.00. The average Bonchev–Trinajstić information content (AvgIpc) is 2.61. The first-order valence-electron chi connectivity index (χ1n) is 9.33. The van der Waals surface area contributed by atoms with Gasteiger partial charge in [-0.15, -0.1) is 0 Å². The predicted molar refractivity (Wildman–Crippen MR) is 109 cm³/mol. The van der Waals surface area contributed by atoms with Crippen LogP contribution in [0.25, 0.3) is 0 Å². The highest BCUT2D eigenvalue weighted by atomic mass is 16.2. The molecule has 1 aliphatic carbocycles. The largest absolute Gasteiger partial charge is 0.298 e. The Balaban J connectivity index is 1.90. The topological polar surface area (TPSA) is 49.7 Å². The fourth-order valence-electron chi connectivity index (χ4n) is 3.64. The van der Waals surface area contributed by atoms with Gasteiger partial charge in [0.1, 0.15) is 17.5 Å². The van der Waals surface area contributed by atoms with Gasteiger partial charge < -0.3 is 0 Å². The van der Waals surface area contributed by atoms with Crippen molar-refractivity contribution in [3.63, 3.8) is 0 Å². The zero-order valence-corrected chi connectivity index (χ0v) is 16.2. The molecule has 0 spiro atoms. The molecule has 0 atom stereocenters. The van der Waals surface area contributed by atoms with Crippen LogP contribution in [0.3, 0.4) is 0 Å². The van der Waals surface area contributed by atoms with Crippen LogP contribution in [-0.4, -0.2) is 17.3 Å². The smallest absolute Gasteiger partial charge is 0.149 e. The molecular weight excluding hydrogens is 336 g/mol. The first kappa shape index (κ1) is 19.0. The van der Waals surface area contributed by atoms with Gasteiger partial charge in [-0.2, -0.15) is 5.10 Å². The van der Waals surface area contributed by atoms with Crippen molar-refractivity contribution in [3.05, 3.63) is 66.2 Å². The maximum absolute atomic E-state index is 12.6. The Hall–Kier alpha value is -2.75. The number of hydrogen-bond acceptors (Lipinski definition) is 4. The third-order valence-corrected chi connectivity index (χ3v) is 4.88. The number of hydrogen-bond donors (Lipinski definition) is 0. The molecule has 0 radical (unpaired) electrons. The van der Waals surface area contributed by atoms with E-state index in [1.807, 2.05) is 79.5 Å². The summed E-state index contributed by atoms with van der Waals surface area (Å²) in [6.07, 6.45) is 0.834. The summed E-state index contributed by atoms with van der Waals surface area (Å²) < 4.78 is 0. The van der Waals surface area contributed by atoms with E-state index in [0.717, 1.165) is 11.3 Å². The highest BCUT2D eigenvalue weighted by Gasteiger charge is 2.41. The lowest BCUT2D eigenvalue weighted by Crippen LogP contribution is -2.41. The third kappa shape index (κ3) is 4.70. The van der Waals surface area contributed by atoms with Gasteiger partial charge in [0, 0.05) is 12.8 Å². The Morgan fingerprint density at radius 2 is 1.48 bits per heavy atom. The zero-order valence-electron chi connectivity index (χ0n) is 16.2. The van der Waals surface area contributed by atoms with Gasteiger partial charge in [0.2, 0.25) is 0 Å². The molecule has 3 rings (SSSR count). The van der Waals surface area contributed by atoms with Gasteiger partial charge in [0.25, 0.3) is 0 Å². The molecule has 0 unspecified atom stereocenters. The maximum atomic E-state index is 12.6. The van der Waals surface area contributed by atoms with Crippen molar-refractivity contribution in [1.29, 1.82) is 0 Å². The fourth-order valence-corrected chi connectivity index (χ4v) is 3.64. The van der Waals surface area contributed by atoms with E-state index >= 15 is 0 Å². The number of rotatable bonds is 5. The molecule has 140 valence electrons. The molecule has 0 heterocycles. The molecule has 2 aromatic rings. The van der Waals surface area contributed by atoms with E-state index in [1.54, 1.807) is 6.92 Å². The number of Topliss-reactive ketones (excluding diaryl/α,β-unsaturated/α-hetero) is 2. The van der Waals surface area contributed by atoms with E-state index in [-0.39, 0.29) is 17.0 Å². The lowest BCUT2D eigenvalue weighted by atomic mass is 9.70. The van der Waals surface area contributed by atoms with Crippen LogP contribution in [0.2, 0.25) is 0 Å². The van der Waals surface area contributed by atoms with Crippen LogP contribution in [0.1, 0.15) is 39.2 Å². The molecule has 0 bridgehead atoms. The summed E-state index contributed by atoms with van der Waals surface area (Å²) in [6, 6.07) is 19.9. The Labute approximate surface area is 160 Å². The Morgan fingerprint density at radius 3 is 2.04 bits per heavy atom. The lowest BCUT2D eigenvalue weighted by molar-refractivity contribution is -0.136. The zero-order chi connectivity index (χ0) is 19.4. The minimum absolute atomic E-state index is 0.0229. The maximum Gasteiger partial charge on any atom is 0.149 e. The first-order chi connectivity index (χ1) is 12.9. The molecule has 0 amide bonds. The number of benzene rings is 2. The van der Waals surface area contributed by atoms with Gasteiger partial charge in [-0.3, -0.25) is 14.6 Å². The fraction of sp³-hybridized carbons (Fsp3) is 0.348. The van der Waals surface area contributed by atoms with E-state index < -0.39 is 5.92 Å². The summed E-state index contributed by atoms with van der Waals surface area (Å²) in [5, 5.41) is 6.59. The minimum Gasteiger partial charge on any atom is -0.298 e. The molecule has 1 saturated carbocycles. The highest BCUT2D eigenvalue weighted by molar-refractivity contribution is 6.22. The summed E-state index contributed by atoms with van der Waals surface area (Å²) in [5.74, 6) is -0.768. The number of anilines is 1. The molecule has 27 heavy (non-hydrogen) atoms. The van der Waals surface area contributed by atoms with Gasteiger partial charge in [0.05, 0.1) is 17.9 Å². The molecule has 0 aliphatic heterocycles. The standard InChI is InChI=1S/C23H26N2O2/c1-17(22-20(26)14-23(2,3)15-21(22)27)24-25(19-12-8-5-9-13-19)16-18-10-6-4-7-11-18/h4-13,22H,14-16H2,1-3H3/b24-17-. The summed E-state index contributed by atoms with van der Waals surface area (Å²) in [4.78, 5) is 25.2. The van der Waals surface area contributed by atoms with E-state index in [0.29, 0.717) is 25.1 Å². The Kier molecular flexibility index (Phi) is 5.54. The molecule has 4 heteroatoms. The van der Waals surface area contributed by atoms with Gasteiger partial charge >= 0.3 is 0 Å². The summed E-state index contributed by atoms with van der Waals surface area (Å²) in [5.41, 5.74) is 2.35. The van der Waals surface area contributed by atoms with E-state index in [2.05, 4.69) is 0 Å². The van der Waals surface area contributed by atoms with Crippen molar-refractivity contribution in [2.24, 2.45) is 16.4 Å². The van der Waals surface area contributed by atoms with Crippen molar-refractivity contribution in [2.45, 2.75) is 40.2 Å². The van der Waals surface area contributed by atoms with Crippen LogP contribution in [0.15, 0.2) is 65.8 Å². The average molecular weight is 362 g/mol. The van der Waals surface area contributed by atoms with E-state index in [1.165, 1.54) is 0 Å². The number of para-hydroxylation sites is 1. The summed E-state index contributed by atoms with van der Waals surface area (Å²) in [7, 11) is 0. The number of carbonyl (C=O) groups is 2. The van der Waals surface area contributed by atoms with Crippen LogP contribution in [0.5, 0.6) is 0 Å². The van der Waals surface area contributed by atoms with Crippen LogP contribution in [0.4, 0.5) is 5.69 Å². The van der Waals surface area contributed by atoms with E-state index in [4.69, 9.17) is 5.10 Å². The normalized spacial score (nSPS) is 17.8. The van der Waals surface area contributed by atoms with Gasteiger partial charge in [-0.1, -0.05) is 62.4 Å². The Bertz CT molecular complexity index is 821. The third-order valence-electron chi connectivity index (χ3n) is 4.88. The van der Waals surface area contributed by atoms with Crippen LogP contribution in [0, 0.1) is 11.3 Å². The molecule has 0 N–H and O–H groups in total. The molecule has 1 aliphatic rings. The quantitative estimate of drug-likeness (QED) is 0.442. The number of ketones is 2. The second-order valence-electron chi connectivity index (χ2n) is 8.00. The van der Waals surface area contributed by atoms with Crippen molar-refractivity contribution in [1.82, 2.24) is 0 Å². The molecule has 4 nitrogen and oxygen atoms in total. The highest BCUT2D eigenvalue weighted by Crippen LogP contribution is 2.34. The van der Waals surface area contributed by atoms with Crippen LogP contribution < -0.4 is 5.01 Å². The van der Waals surface area contributed by atoms with Crippen molar-refractivity contribution in [2.75, 3.05) is 5.01 Å². The first-order valence-corrected chi connectivity index (χ1v) is 9.33. The SMILES string of the molecule is C/C(=N/N(Cc1ccccc1)c1ccccc1)C1C(=O)CC(C)(C)CC1=O. The monoisotopic (exact) mass is 362 g/mol. The number of carbonyl (C=O) groups excluding carboxylic acids is 2. The van der Waals surface area contributed by atoms with Crippen molar-refractivity contribution < 1.29 is 9.59 Å². The lowest BCUT2D eigenvalue weighted by Gasteiger charge is -2.32. The Morgan fingerprint density at radius 1 is 0.963 bits per heavy atom. The van der Waals surface area contributed by atoms with Crippen LogP contribution >= 0.6 is 0 Å². The molecule has 0 aromatic heterocycles. The predicted octanol–water partition coefficient (Wildman–Crippen LogP) is 4.64. The second kappa shape index (κ2) is 7.87. The van der Waals surface area contributed by atoms with Crippen molar-refractivity contribution >= 4 is 23.0 Å². The van der Waals surface area contributed by atoms with E-state index in [9.17, 15) is 9.59 Å². The van der Waals surface area contributed by atoms with Gasteiger partial charge in [0.15, 0.2) is 0 Å². The number of hydrazone groups is 1. The molecular formula is C23H26N2O2. The van der Waals surface area contributed by atoms with Crippen molar-refractivity contribution in [3.8, 4) is 0 Å². The summed E-state index contributed by atoms with van der Waals surface area (Å²) >= 11 is 0.